The molecule has 0 aliphatic heterocycles. The van der Waals surface area contributed by atoms with Crippen molar-refractivity contribution in [2.24, 2.45) is 0 Å². The summed E-state index contributed by atoms with van der Waals surface area (Å²) >= 11 is 0. The summed E-state index contributed by atoms with van der Waals surface area (Å²) in [6, 6.07) is 4.79. The third-order valence-corrected chi connectivity index (χ3v) is 5.82. The minimum absolute atomic E-state index is 0.821. The molecule has 1 nitrogen and oxygen atoms in total. The fourth-order valence-electron chi connectivity index (χ4n) is 4.39. The van der Waals surface area contributed by atoms with Crippen molar-refractivity contribution in [3.8, 4) is 6.07 Å². The van der Waals surface area contributed by atoms with Crippen LogP contribution in [0.4, 0.5) is 0 Å². The summed E-state index contributed by atoms with van der Waals surface area (Å²) in [4.78, 5) is 0. The maximum absolute atomic E-state index is 9.43. The molecule has 1 heteroatoms. The van der Waals surface area contributed by atoms with Crippen LogP contribution in [-0.4, -0.2) is 0 Å². The Morgan fingerprint density at radius 3 is 2.50 bits per heavy atom. The Balaban J connectivity index is 0.000000948. The molecular formula is C25H29N. The maximum atomic E-state index is 9.43. The van der Waals surface area contributed by atoms with E-state index < -0.39 is 0 Å². The highest BCUT2D eigenvalue weighted by atomic mass is 14.3. The Morgan fingerprint density at radius 1 is 1.00 bits per heavy atom. The lowest BCUT2D eigenvalue weighted by molar-refractivity contribution is 0.843. The van der Waals surface area contributed by atoms with Gasteiger partial charge in [-0.05, 0) is 96.6 Å². The van der Waals surface area contributed by atoms with Crippen LogP contribution in [-0.2, 0) is 12.8 Å². The SMILES string of the molecule is CC.CC1=C(C#N)Cc2c1cc1c(c2C)CCCC=C1C1=CC=CCC1. The van der Waals surface area contributed by atoms with Crippen LogP contribution in [0.1, 0.15) is 74.3 Å². The molecular weight excluding hydrogens is 314 g/mol. The van der Waals surface area contributed by atoms with E-state index in [4.69, 9.17) is 0 Å². The van der Waals surface area contributed by atoms with Gasteiger partial charge >= 0.3 is 0 Å². The van der Waals surface area contributed by atoms with E-state index in [0.29, 0.717) is 0 Å². The summed E-state index contributed by atoms with van der Waals surface area (Å²) in [7, 11) is 0. The fraction of sp³-hybridized carbons (Fsp3) is 0.400. The number of allylic oxidation sites excluding steroid dienone is 8. The van der Waals surface area contributed by atoms with Crippen molar-refractivity contribution in [2.45, 2.75) is 66.2 Å². The second-order valence-corrected chi connectivity index (χ2v) is 7.11. The van der Waals surface area contributed by atoms with Gasteiger partial charge in [-0.25, -0.2) is 0 Å². The van der Waals surface area contributed by atoms with E-state index >= 15 is 0 Å². The van der Waals surface area contributed by atoms with Crippen LogP contribution in [0.2, 0.25) is 0 Å². The molecule has 0 aromatic heterocycles. The molecule has 4 rings (SSSR count). The van der Waals surface area contributed by atoms with Gasteiger partial charge in [-0.2, -0.15) is 5.26 Å². The van der Waals surface area contributed by atoms with Gasteiger partial charge in [0.15, 0.2) is 0 Å². The quantitative estimate of drug-likeness (QED) is 0.546. The van der Waals surface area contributed by atoms with Crippen LogP contribution in [0.5, 0.6) is 0 Å². The lowest BCUT2D eigenvalue weighted by atomic mass is 9.84. The summed E-state index contributed by atoms with van der Waals surface area (Å²) in [6.45, 7) is 8.38. The zero-order chi connectivity index (χ0) is 18.7. The molecule has 26 heavy (non-hydrogen) atoms. The van der Waals surface area contributed by atoms with Crippen LogP contribution in [0.15, 0.2) is 41.5 Å². The van der Waals surface area contributed by atoms with Crippen molar-refractivity contribution in [1.82, 2.24) is 0 Å². The molecule has 1 aromatic carbocycles. The molecule has 0 atom stereocenters. The number of fused-ring (bicyclic) bond motifs is 2. The first-order valence-electron chi connectivity index (χ1n) is 10.0. The smallest absolute Gasteiger partial charge is 0.0953 e. The highest BCUT2D eigenvalue weighted by Gasteiger charge is 2.26. The van der Waals surface area contributed by atoms with E-state index in [0.717, 1.165) is 37.7 Å². The van der Waals surface area contributed by atoms with Gasteiger partial charge in [-0.15, -0.1) is 0 Å². The highest BCUT2D eigenvalue weighted by molar-refractivity contribution is 5.87. The summed E-state index contributed by atoms with van der Waals surface area (Å²) in [6.07, 6.45) is 15.8. The number of hydrogen-bond acceptors (Lipinski definition) is 1. The molecule has 0 amide bonds. The Kier molecular flexibility index (Phi) is 5.62. The van der Waals surface area contributed by atoms with Crippen molar-refractivity contribution in [3.63, 3.8) is 0 Å². The molecule has 3 aliphatic carbocycles. The van der Waals surface area contributed by atoms with Crippen LogP contribution >= 0.6 is 0 Å². The molecule has 0 heterocycles. The van der Waals surface area contributed by atoms with E-state index in [1.165, 1.54) is 51.0 Å². The average Bonchev–Trinajstić information content (AvgIpc) is 2.87. The van der Waals surface area contributed by atoms with Crippen molar-refractivity contribution in [3.05, 3.63) is 69.3 Å². The Labute approximate surface area is 158 Å². The van der Waals surface area contributed by atoms with Crippen LogP contribution in [0, 0.1) is 18.3 Å². The summed E-state index contributed by atoms with van der Waals surface area (Å²) in [5.74, 6) is 0. The Bertz CT molecular complexity index is 882. The maximum Gasteiger partial charge on any atom is 0.0953 e. The molecule has 0 spiro atoms. The van der Waals surface area contributed by atoms with Crippen LogP contribution in [0.3, 0.4) is 0 Å². The number of rotatable bonds is 1. The number of hydrogen-bond donors (Lipinski definition) is 0. The second-order valence-electron chi connectivity index (χ2n) is 7.11. The van der Waals surface area contributed by atoms with Crippen LogP contribution in [0.25, 0.3) is 11.1 Å². The number of benzene rings is 1. The largest absolute Gasteiger partial charge is 0.193 e. The average molecular weight is 344 g/mol. The lowest BCUT2D eigenvalue weighted by Crippen LogP contribution is -2.03. The van der Waals surface area contributed by atoms with Crippen molar-refractivity contribution in [1.29, 1.82) is 5.26 Å². The highest BCUT2D eigenvalue weighted by Crippen LogP contribution is 2.42. The molecule has 0 saturated heterocycles. The molecule has 0 unspecified atom stereocenters. The van der Waals surface area contributed by atoms with Gasteiger partial charge in [0.05, 0.1) is 6.07 Å². The first kappa shape index (κ1) is 18.5. The minimum Gasteiger partial charge on any atom is -0.193 e. The minimum atomic E-state index is 0.821. The molecule has 0 saturated carbocycles. The van der Waals surface area contributed by atoms with Crippen molar-refractivity contribution >= 4 is 11.1 Å². The van der Waals surface area contributed by atoms with E-state index in [1.807, 2.05) is 13.8 Å². The van der Waals surface area contributed by atoms with E-state index in [-0.39, 0.29) is 0 Å². The zero-order valence-electron chi connectivity index (χ0n) is 16.6. The normalized spacial score (nSPS) is 18.0. The summed E-state index contributed by atoms with van der Waals surface area (Å²) < 4.78 is 0. The summed E-state index contributed by atoms with van der Waals surface area (Å²) in [5.41, 5.74) is 12.1. The van der Waals surface area contributed by atoms with E-state index in [2.05, 4.69) is 50.3 Å². The Hall–Kier alpha value is -2.33. The topological polar surface area (TPSA) is 23.8 Å². The van der Waals surface area contributed by atoms with Crippen molar-refractivity contribution < 1.29 is 0 Å². The molecule has 134 valence electrons. The van der Waals surface area contributed by atoms with Gasteiger partial charge < -0.3 is 0 Å². The van der Waals surface area contributed by atoms with Gasteiger partial charge in [-0.3, -0.25) is 0 Å². The van der Waals surface area contributed by atoms with Crippen molar-refractivity contribution in [2.75, 3.05) is 0 Å². The molecule has 0 radical (unpaired) electrons. The first-order valence-corrected chi connectivity index (χ1v) is 10.0. The van der Waals surface area contributed by atoms with Gasteiger partial charge in [0.25, 0.3) is 0 Å². The number of nitriles is 1. The third-order valence-electron chi connectivity index (χ3n) is 5.82. The number of nitrogens with zero attached hydrogens (tertiary/aromatic N) is 1. The second kappa shape index (κ2) is 7.92. The standard InChI is InChI=1S/C23H23N.C2H6/c1-15-18(14-24)12-21-16(2)19-10-6-7-11-20(23(19)13-22(15)21)17-8-4-3-5-9-17;1-2/h3-4,8,11,13H,5-7,9-10,12H2,1-2H3;1-2H3. The monoisotopic (exact) mass is 343 g/mol. The predicted octanol–water partition coefficient (Wildman–Crippen LogP) is 6.87. The zero-order valence-corrected chi connectivity index (χ0v) is 16.6. The molecule has 1 aromatic rings. The summed E-state index contributed by atoms with van der Waals surface area (Å²) in [5, 5.41) is 9.43. The van der Waals surface area contributed by atoms with E-state index in [1.54, 1.807) is 0 Å². The third kappa shape index (κ3) is 3.10. The van der Waals surface area contributed by atoms with E-state index in [9.17, 15) is 5.26 Å². The molecule has 0 fully saturated rings. The van der Waals surface area contributed by atoms with Gasteiger partial charge in [-0.1, -0.05) is 38.2 Å². The molecule has 0 N–H and O–H groups in total. The Morgan fingerprint density at radius 2 is 1.81 bits per heavy atom. The van der Waals surface area contributed by atoms with Gasteiger partial charge in [0.1, 0.15) is 0 Å². The fourth-order valence-corrected chi connectivity index (χ4v) is 4.39. The van der Waals surface area contributed by atoms with Gasteiger partial charge in [0, 0.05) is 12.0 Å². The van der Waals surface area contributed by atoms with Gasteiger partial charge in [0.2, 0.25) is 0 Å². The molecule has 3 aliphatic rings. The first-order chi connectivity index (χ1) is 12.7. The predicted molar refractivity (Wildman–Crippen MR) is 112 cm³/mol. The molecule has 0 bridgehead atoms. The lowest BCUT2D eigenvalue weighted by Gasteiger charge is -2.20. The van der Waals surface area contributed by atoms with Crippen LogP contribution < -0.4 is 0 Å².